The van der Waals surface area contributed by atoms with Crippen molar-refractivity contribution in [3.63, 3.8) is 0 Å². The lowest BCUT2D eigenvalue weighted by Gasteiger charge is -2.31. The van der Waals surface area contributed by atoms with Crippen LogP contribution in [0.1, 0.15) is 106 Å². The number of amides is 11. The highest BCUT2D eigenvalue weighted by Crippen LogP contribution is 2.21. The molecule has 2 heterocycles. The molecule has 0 saturated carbocycles. The first-order valence-electron chi connectivity index (χ1n) is 23.6. The number of nitrogens with one attached hydrogen (secondary N) is 9. The Morgan fingerprint density at radius 2 is 1.11 bits per heavy atom. The lowest BCUT2D eigenvalue weighted by Crippen LogP contribution is -2.61. The molecule has 26 heteroatoms. The van der Waals surface area contributed by atoms with Crippen molar-refractivity contribution < 1.29 is 67.7 Å². The number of primary amides is 2. The van der Waals surface area contributed by atoms with Crippen LogP contribution in [0.25, 0.3) is 0 Å². The summed E-state index contributed by atoms with van der Waals surface area (Å²) in [5.41, 5.74) is 10.5. The number of carbonyl (C=O) groups is 12. The Bertz CT molecular complexity index is 1890. The van der Waals surface area contributed by atoms with Gasteiger partial charge in [-0.1, -0.05) is 41.5 Å². The van der Waals surface area contributed by atoms with Crippen molar-refractivity contribution in [2.75, 3.05) is 32.8 Å². The molecule has 15 N–H and O–H groups in total. The van der Waals surface area contributed by atoms with Crippen LogP contribution in [0.3, 0.4) is 0 Å². The molecule has 0 unspecified atom stereocenters. The van der Waals surface area contributed by atoms with Crippen molar-refractivity contribution in [1.29, 1.82) is 0 Å². The topological polar surface area (TPSA) is 409 Å². The Balaban J connectivity index is 2.23. The highest BCUT2D eigenvalue weighted by Gasteiger charge is 2.40. The molecule has 0 aliphatic carbocycles. The van der Waals surface area contributed by atoms with Crippen LogP contribution in [0.15, 0.2) is 0 Å². The molecule has 70 heavy (non-hydrogen) atoms. The molecule has 0 spiro atoms. The van der Waals surface area contributed by atoms with Crippen LogP contribution in [0.4, 0.5) is 0 Å². The van der Waals surface area contributed by atoms with E-state index in [1.165, 1.54) is 4.90 Å². The molecule has 0 aromatic carbocycles. The van der Waals surface area contributed by atoms with E-state index in [4.69, 9.17) is 16.6 Å². The standard InChI is InChI=1S/C44H74N12O14/c1-22(2)15-27(40(66)51-26(11-12-33(45)58)39(65)53-29(18-34(46)59)38(64)49-20-36(61)62)52-42(68)31(21-57)55-41(67)28(16-23(3)4)54-43(69)32-10-8-14-56(32)44(70)30(17-24(5)6)50-35(60)19-48-37(63)25-9-7-13-47-25/h22-32,47,57H,7-21H2,1-6H3,(H2,45,58)(H2,46,59)(H,48,63)(H,49,64)(H,50,60)(H,51,66)(H,52,68)(H,53,65)(H,54,69)(H,55,67)(H,61,62)/t25-,26-,27-,28-,29-,30-,31-,32-/m0/s1. The normalized spacial score (nSPS) is 18.1. The minimum absolute atomic E-state index is 0.0483. The second-order valence-electron chi connectivity index (χ2n) is 18.8. The third-order valence-electron chi connectivity index (χ3n) is 11.2. The van der Waals surface area contributed by atoms with Crippen molar-refractivity contribution in [3.8, 4) is 0 Å². The number of nitrogens with zero attached hydrogens (tertiary/aromatic N) is 1. The van der Waals surface area contributed by atoms with Gasteiger partial charge in [-0.2, -0.15) is 0 Å². The molecule has 394 valence electrons. The number of aliphatic carboxylic acids is 1. The first-order chi connectivity index (χ1) is 32.8. The van der Waals surface area contributed by atoms with Gasteiger partial charge in [0.15, 0.2) is 0 Å². The molecule has 0 radical (unpaired) electrons. The minimum atomic E-state index is -1.69. The Labute approximate surface area is 406 Å². The molecule has 11 amide bonds. The van der Waals surface area contributed by atoms with Gasteiger partial charge in [0.1, 0.15) is 48.8 Å². The van der Waals surface area contributed by atoms with E-state index in [1.54, 1.807) is 27.7 Å². The molecule has 2 fully saturated rings. The molecule has 0 bridgehead atoms. The Kier molecular flexibility index (Phi) is 25.2. The number of aliphatic hydroxyl groups excluding tert-OH is 1. The molecule has 26 nitrogen and oxygen atoms in total. The first-order valence-corrected chi connectivity index (χ1v) is 23.6. The summed E-state index contributed by atoms with van der Waals surface area (Å²) >= 11 is 0. The van der Waals surface area contributed by atoms with E-state index in [1.807, 2.05) is 19.2 Å². The number of nitrogens with two attached hydrogens (primary N) is 2. The minimum Gasteiger partial charge on any atom is -0.480 e. The van der Waals surface area contributed by atoms with E-state index in [9.17, 15) is 62.6 Å². The number of aliphatic hydroxyl groups is 1. The number of hydrogen-bond donors (Lipinski definition) is 13. The lowest BCUT2D eigenvalue weighted by atomic mass is 10.0. The highest BCUT2D eigenvalue weighted by atomic mass is 16.4. The SMILES string of the molecule is CC(C)C[C@H](NC(=O)[C@H](CO)NC(=O)[C@H](CC(C)C)NC(=O)[C@@H]1CCCN1C(=O)[C@H](CC(C)C)NC(=O)CNC(=O)[C@@H]1CCCN1)C(=O)N[C@@H](CCC(N)=O)C(=O)N[C@@H](CC(N)=O)C(=O)NCC(=O)O. The summed E-state index contributed by atoms with van der Waals surface area (Å²) in [5, 5.41) is 41.8. The van der Waals surface area contributed by atoms with Gasteiger partial charge in [0.25, 0.3) is 0 Å². The summed E-state index contributed by atoms with van der Waals surface area (Å²) in [4.78, 5) is 156. The predicted molar refractivity (Wildman–Crippen MR) is 249 cm³/mol. The van der Waals surface area contributed by atoms with E-state index in [2.05, 4.69) is 42.5 Å². The van der Waals surface area contributed by atoms with E-state index >= 15 is 0 Å². The molecule has 8 atom stereocenters. The monoisotopic (exact) mass is 995 g/mol. The van der Waals surface area contributed by atoms with Gasteiger partial charge in [0.05, 0.1) is 25.6 Å². The van der Waals surface area contributed by atoms with Gasteiger partial charge in [0.2, 0.25) is 65.0 Å². The summed E-state index contributed by atoms with van der Waals surface area (Å²) in [6.07, 6.45) is 0.736. The third-order valence-corrected chi connectivity index (χ3v) is 11.2. The molecule has 2 saturated heterocycles. The lowest BCUT2D eigenvalue weighted by molar-refractivity contribution is -0.142. The number of likely N-dealkylation sites (tertiary alicyclic amines) is 1. The molecular formula is C44H74N12O14. The molecule has 0 aromatic rings. The van der Waals surface area contributed by atoms with Gasteiger partial charge in [-0.3, -0.25) is 57.5 Å². The number of rotatable bonds is 30. The summed E-state index contributed by atoms with van der Waals surface area (Å²) in [5.74, 6) is -11.1. The molecule has 2 rings (SSSR count). The number of carboxylic acids is 1. The van der Waals surface area contributed by atoms with E-state index < -0.39 is 146 Å². The largest absolute Gasteiger partial charge is 0.480 e. The average Bonchev–Trinajstić information content (AvgIpc) is 4.00. The summed E-state index contributed by atoms with van der Waals surface area (Å²) < 4.78 is 0. The van der Waals surface area contributed by atoms with Gasteiger partial charge in [-0.25, -0.2) is 0 Å². The fraction of sp³-hybridized carbons (Fsp3) is 0.727. The fourth-order valence-electron chi connectivity index (χ4n) is 7.85. The molecular weight excluding hydrogens is 921 g/mol. The zero-order valence-electron chi connectivity index (χ0n) is 40.9. The van der Waals surface area contributed by atoms with E-state index in [0.29, 0.717) is 19.4 Å². The molecule has 2 aliphatic rings. The van der Waals surface area contributed by atoms with Crippen LogP contribution < -0.4 is 59.3 Å². The number of carboxylic acid groups (broad SMARTS) is 1. The van der Waals surface area contributed by atoms with E-state index in [-0.39, 0.29) is 62.4 Å². The van der Waals surface area contributed by atoms with Crippen molar-refractivity contribution in [2.24, 2.45) is 29.2 Å². The van der Waals surface area contributed by atoms with Crippen LogP contribution in [-0.4, -0.2) is 167 Å². The van der Waals surface area contributed by atoms with Gasteiger partial charge in [-0.15, -0.1) is 0 Å². The second kappa shape index (κ2) is 29.6. The van der Waals surface area contributed by atoms with Gasteiger partial charge in [-0.05, 0) is 75.7 Å². The van der Waals surface area contributed by atoms with Crippen LogP contribution in [-0.2, 0) is 57.5 Å². The Morgan fingerprint density at radius 1 is 0.586 bits per heavy atom. The maximum atomic E-state index is 14.0. The van der Waals surface area contributed by atoms with E-state index in [0.717, 1.165) is 6.42 Å². The number of hydrogen-bond acceptors (Lipinski definition) is 14. The molecule has 0 aromatic heterocycles. The first kappa shape index (κ1) is 59.7. The van der Waals surface area contributed by atoms with Gasteiger partial charge < -0.3 is 74.4 Å². The van der Waals surface area contributed by atoms with Gasteiger partial charge in [0, 0.05) is 13.0 Å². The Hall–Kier alpha value is -6.44. The zero-order valence-corrected chi connectivity index (χ0v) is 40.9. The number of carbonyl (C=O) groups excluding carboxylic acids is 11. The third kappa shape index (κ3) is 21.1. The Morgan fingerprint density at radius 3 is 1.64 bits per heavy atom. The zero-order chi connectivity index (χ0) is 52.8. The average molecular weight is 995 g/mol. The predicted octanol–water partition coefficient (Wildman–Crippen LogP) is -4.77. The van der Waals surface area contributed by atoms with Crippen molar-refractivity contribution >= 4 is 70.9 Å². The van der Waals surface area contributed by atoms with Crippen molar-refractivity contribution in [2.45, 2.75) is 154 Å². The van der Waals surface area contributed by atoms with Crippen LogP contribution in [0.5, 0.6) is 0 Å². The van der Waals surface area contributed by atoms with Crippen LogP contribution in [0.2, 0.25) is 0 Å². The summed E-state index contributed by atoms with van der Waals surface area (Å²) in [6, 6.07) is -10.1. The second-order valence-corrected chi connectivity index (χ2v) is 18.8. The van der Waals surface area contributed by atoms with Crippen molar-refractivity contribution in [3.05, 3.63) is 0 Å². The van der Waals surface area contributed by atoms with Crippen LogP contribution >= 0.6 is 0 Å². The quantitative estimate of drug-likeness (QED) is 0.0321. The van der Waals surface area contributed by atoms with Crippen LogP contribution in [0, 0.1) is 17.8 Å². The fourth-order valence-corrected chi connectivity index (χ4v) is 7.85. The van der Waals surface area contributed by atoms with Gasteiger partial charge >= 0.3 is 5.97 Å². The summed E-state index contributed by atoms with van der Waals surface area (Å²) in [7, 11) is 0. The maximum absolute atomic E-state index is 14.0. The molecule has 2 aliphatic heterocycles. The smallest absolute Gasteiger partial charge is 0.322 e. The summed E-state index contributed by atoms with van der Waals surface area (Å²) in [6.45, 7) is 9.37. The highest BCUT2D eigenvalue weighted by molar-refractivity contribution is 5.99. The maximum Gasteiger partial charge on any atom is 0.322 e. The van der Waals surface area contributed by atoms with Crippen molar-refractivity contribution in [1.82, 2.24) is 52.8 Å².